The molecule has 26 heavy (non-hydrogen) atoms. The summed E-state index contributed by atoms with van der Waals surface area (Å²) in [6, 6.07) is 6.03. The van der Waals surface area contributed by atoms with Gasteiger partial charge in [0.2, 0.25) is 15.9 Å². The number of benzene rings is 1. The fourth-order valence-corrected chi connectivity index (χ4v) is 4.33. The fourth-order valence-electron chi connectivity index (χ4n) is 2.73. The lowest BCUT2D eigenvalue weighted by Gasteiger charge is -2.30. The normalized spacial score (nSPS) is 16.5. The lowest BCUT2D eigenvalue weighted by Crippen LogP contribution is -2.40. The van der Waals surface area contributed by atoms with Gasteiger partial charge in [0.25, 0.3) is 5.89 Å². The first-order chi connectivity index (χ1) is 12.4. The molecular formula is C16H18ClN3O5S. The molecule has 0 N–H and O–H groups in total. The van der Waals surface area contributed by atoms with Crippen LogP contribution in [0.1, 0.15) is 24.6 Å². The van der Waals surface area contributed by atoms with Crippen LogP contribution < -0.4 is 0 Å². The molecular weight excluding hydrogens is 382 g/mol. The number of nitrogens with zero attached hydrogens (tertiary/aromatic N) is 3. The predicted octanol–water partition coefficient (Wildman–Crippen LogP) is 2.18. The van der Waals surface area contributed by atoms with E-state index in [0.717, 1.165) is 0 Å². The van der Waals surface area contributed by atoms with Gasteiger partial charge in [-0.3, -0.25) is 4.79 Å². The van der Waals surface area contributed by atoms with Gasteiger partial charge in [0.1, 0.15) is 0 Å². The van der Waals surface area contributed by atoms with E-state index in [1.54, 1.807) is 6.92 Å². The van der Waals surface area contributed by atoms with Crippen molar-refractivity contribution in [3.63, 3.8) is 0 Å². The Kier molecular flexibility index (Phi) is 5.59. The molecule has 140 valence electrons. The van der Waals surface area contributed by atoms with Crippen LogP contribution in [0.3, 0.4) is 0 Å². The van der Waals surface area contributed by atoms with Crippen molar-refractivity contribution in [3.05, 3.63) is 41.1 Å². The smallest absolute Gasteiger partial charge is 0.309 e. The number of carbonyl (C=O) groups excluding carboxylic acids is 1. The molecule has 1 aromatic carbocycles. The second-order valence-electron chi connectivity index (χ2n) is 5.95. The van der Waals surface area contributed by atoms with Crippen molar-refractivity contribution in [1.29, 1.82) is 0 Å². The Balaban J connectivity index is 1.54. The third-order valence-electron chi connectivity index (χ3n) is 4.14. The number of hydrogen-bond acceptors (Lipinski definition) is 7. The Bertz CT molecular complexity index is 874. The van der Waals surface area contributed by atoms with Gasteiger partial charge in [-0.2, -0.15) is 4.31 Å². The van der Waals surface area contributed by atoms with Gasteiger partial charge in [0.05, 0.1) is 10.8 Å². The van der Waals surface area contributed by atoms with Gasteiger partial charge in [0, 0.05) is 25.0 Å². The van der Waals surface area contributed by atoms with E-state index in [4.69, 9.17) is 20.8 Å². The Morgan fingerprint density at radius 1 is 1.27 bits per heavy atom. The van der Waals surface area contributed by atoms with E-state index in [1.807, 2.05) is 0 Å². The monoisotopic (exact) mass is 399 g/mol. The summed E-state index contributed by atoms with van der Waals surface area (Å²) in [5.41, 5.74) is 0. The molecule has 10 heteroatoms. The number of sulfonamides is 1. The molecule has 0 amide bonds. The van der Waals surface area contributed by atoms with E-state index in [1.165, 1.54) is 28.6 Å². The molecule has 1 aliphatic heterocycles. The highest BCUT2D eigenvalue weighted by Gasteiger charge is 2.32. The van der Waals surface area contributed by atoms with Gasteiger partial charge in [-0.25, -0.2) is 8.42 Å². The Morgan fingerprint density at radius 2 is 1.92 bits per heavy atom. The summed E-state index contributed by atoms with van der Waals surface area (Å²) >= 11 is 5.80. The molecule has 0 radical (unpaired) electrons. The van der Waals surface area contributed by atoms with Gasteiger partial charge in [-0.1, -0.05) is 11.6 Å². The molecule has 1 aromatic heterocycles. The molecule has 0 spiro atoms. The summed E-state index contributed by atoms with van der Waals surface area (Å²) < 4.78 is 37.0. The van der Waals surface area contributed by atoms with Gasteiger partial charge < -0.3 is 9.15 Å². The highest BCUT2D eigenvalue weighted by molar-refractivity contribution is 7.89. The van der Waals surface area contributed by atoms with Crippen molar-refractivity contribution < 1.29 is 22.4 Å². The van der Waals surface area contributed by atoms with E-state index in [9.17, 15) is 13.2 Å². The molecule has 1 saturated heterocycles. The van der Waals surface area contributed by atoms with Gasteiger partial charge >= 0.3 is 5.97 Å². The van der Waals surface area contributed by atoms with Gasteiger partial charge in [-0.05, 0) is 37.1 Å². The summed E-state index contributed by atoms with van der Waals surface area (Å²) in [4.78, 5) is 12.3. The molecule has 1 aliphatic rings. The van der Waals surface area contributed by atoms with E-state index in [0.29, 0.717) is 23.8 Å². The molecule has 0 unspecified atom stereocenters. The molecule has 0 bridgehead atoms. The number of esters is 1. The number of halogens is 1. The van der Waals surface area contributed by atoms with E-state index >= 15 is 0 Å². The van der Waals surface area contributed by atoms with Crippen LogP contribution in [0.25, 0.3) is 0 Å². The van der Waals surface area contributed by atoms with Crippen molar-refractivity contribution in [2.24, 2.45) is 5.92 Å². The maximum absolute atomic E-state index is 12.6. The molecule has 0 aliphatic carbocycles. The van der Waals surface area contributed by atoms with E-state index in [2.05, 4.69) is 10.2 Å². The largest absolute Gasteiger partial charge is 0.455 e. The second kappa shape index (κ2) is 7.73. The van der Waals surface area contributed by atoms with Gasteiger partial charge in [0.15, 0.2) is 6.61 Å². The average molecular weight is 400 g/mol. The molecule has 0 atom stereocenters. The highest BCUT2D eigenvalue weighted by Crippen LogP contribution is 2.25. The summed E-state index contributed by atoms with van der Waals surface area (Å²) in [5.74, 6) is -0.101. The van der Waals surface area contributed by atoms with Crippen molar-refractivity contribution in [2.45, 2.75) is 31.3 Å². The summed E-state index contributed by atoms with van der Waals surface area (Å²) in [5, 5.41) is 7.89. The van der Waals surface area contributed by atoms with Crippen LogP contribution in [0.15, 0.2) is 33.6 Å². The molecule has 3 rings (SSSR count). The molecule has 1 fully saturated rings. The number of carbonyl (C=O) groups is 1. The van der Waals surface area contributed by atoms with Crippen molar-refractivity contribution >= 4 is 27.6 Å². The predicted molar refractivity (Wildman–Crippen MR) is 91.8 cm³/mol. The number of ether oxygens (including phenoxy) is 1. The maximum atomic E-state index is 12.6. The fraction of sp³-hybridized carbons (Fsp3) is 0.438. The minimum Gasteiger partial charge on any atom is -0.455 e. The van der Waals surface area contributed by atoms with Crippen molar-refractivity contribution in [2.75, 3.05) is 13.1 Å². The second-order valence-corrected chi connectivity index (χ2v) is 8.33. The van der Waals surface area contributed by atoms with E-state index in [-0.39, 0.29) is 42.4 Å². The number of piperidine rings is 1. The quantitative estimate of drug-likeness (QED) is 0.710. The molecule has 8 nitrogen and oxygen atoms in total. The zero-order valence-electron chi connectivity index (χ0n) is 14.1. The lowest BCUT2D eigenvalue weighted by atomic mass is 9.98. The third kappa shape index (κ3) is 4.22. The Labute approximate surface area is 156 Å². The van der Waals surface area contributed by atoms with E-state index < -0.39 is 10.0 Å². The minimum absolute atomic E-state index is 0.0804. The average Bonchev–Trinajstić information content (AvgIpc) is 3.05. The zero-order chi connectivity index (χ0) is 18.7. The van der Waals surface area contributed by atoms with Crippen LogP contribution in [-0.2, 0) is 26.2 Å². The number of aromatic nitrogens is 2. The molecule has 0 saturated carbocycles. The van der Waals surface area contributed by atoms with Crippen LogP contribution in [0.2, 0.25) is 5.02 Å². The summed E-state index contributed by atoms with van der Waals surface area (Å²) in [6.45, 7) is 2.08. The standard InChI is InChI=1S/C16H18ClN3O5S/c1-11-18-19-15(25-11)10-24-16(21)12-6-8-20(9-7-12)26(22,23)14-4-2-13(17)3-5-14/h2-5,12H,6-10H2,1H3. The first kappa shape index (κ1) is 18.8. The first-order valence-electron chi connectivity index (χ1n) is 8.07. The van der Waals surface area contributed by atoms with Crippen LogP contribution in [0, 0.1) is 12.8 Å². The first-order valence-corrected chi connectivity index (χ1v) is 9.89. The number of aryl methyl sites for hydroxylation is 1. The maximum Gasteiger partial charge on any atom is 0.309 e. The Hall–Kier alpha value is -1.97. The van der Waals surface area contributed by atoms with Crippen LogP contribution in [0.4, 0.5) is 0 Å². The van der Waals surface area contributed by atoms with Crippen LogP contribution >= 0.6 is 11.6 Å². The summed E-state index contributed by atoms with van der Waals surface area (Å²) in [7, 11) is -3.59. The number of rotatable bonds is 5. The molecule has 2 heterocycles. The zero-order valence-corrected chi connectivity index (χ0v) is 15.7. The third-order valence-corrected chi connectivity index (χ3v) is 6.31. The SMILES string of the molecule is Cc1nnc(COC(=O)C2CCN(S(=O)(=O)c3ccc(Cl)cc3)CC2)o1. The summed E-state index contributed by atoms with van der Waals surface area (Å²) in [6.07, 6.45) is 0.795. The molecule has 2 aromatic rings. The van der Waals surface area contributed by atoms with Crippen molar-refractivity contribution in [3.8, 4) is 0 Å². The van der Waals surface area contributed by atoms with Crippen LogP contribution in [-0.4, -0.2) is 42.0 Å². The van der Waals surface area contributed by atoms with Gasteiger partial charge in [-0.15, -0.1) is 10.2 Å². The topological polar surface area (TPSA) is 103 Å². The van der Waals surface area contributed by atoms with Crippen LogP contribution in [0.5, 0.6) is 0 Å². The lowest BCUT2D eigenvalue weighted by molar-refractivity contribution is -0.151. The van der Waals surface area contributed by atoms with Crippen molar-refractivity contribution in [1.82, 2.24) is 14.5 Å². The Morgan fingerprint density at radius 3 is 2.50 bits per heavy atom. The minimum atomic E-state index is -3.59. The number of hydrogen-bond donors (Lipinski definition) is 0. The highest BCUT2D eigenvalue weighted by atomic mass is 35.5.